The van der Waals surface area contributed by atoms with Crippen LogP contribution in [0.4, 0.5) is 0 Å². The van der Waals surface area contributed by atoms with E-state index >= 15 is 0 Å². The van der Waals surface area contributed by atoms with Gasteiger partial charge < -0.3 is 5.32 Å². The summed E-state index contributed by atoms with van der Waals surface area (Å²) in [6, 6.07) is 5.19. The van der Waals surface area contributed by atoms with Crippen LogP contribution in [0.3, 0.4) is 0 Å². The first kappa shape index (κ1) is 13.8. The Bertz CT molecular complexity index is 542. The molecule has 1 aromatic rings. The van der Waals surface area contributed by atoms with Gasteiger partial charge in [-0.3, -0.25) is 0 Å². The molecule has 0 fully saturated rings. The molecule has 1 aromatic carbocycles. The second kappa shape index (κ2) is 5.19. The van der Waals surface area contributed by atoms with Gasteiger partial charge in [-0.25, -0.2) is 8.42 Å². The molecule has 0 aliphatic carbocycles. The SMILES string of the molecule is CCCNC1c2cccc(Cl)c2S(=O)(=O)C1CC. The zero-order valence-electron chi connectivity index (χ0n) is 10.6. The maximum absolute atomic E-state index is 12.5. The molecule has 18 heavy (non-hydrogen) atoms. The molecule has 0 saturated carbocycles. The smallest absolute Gasteiger partial charge is 0.184 e. The van der Waals surface area contributed by atoms with Crippen LogP contribution >= 0.6 is 11.6 Å². The highest BCUT2D eigenvalue weighted by molar-refractivity contribution is 7.92. The van der Waals surface area contributed by atoms with Crippen molar-refractivity contribution in [3.63, 3.8) is 0 Å². The first-order chi connectivity index (χ1) is 8.54. The van der Waals surface area contributed by atoms with Crippen molar-refractivity contribution in [3.8, 4) is 0 Å². The van der Waals surface area contributed by atoms with E-state index in [-0.39, 0.29) is 6.04 Å². The first-order valence-corrected chi connectivity index (χ1v) is 8.22. The lowest BCUT2D eigenvalue weighted by molar-refractivity contribution is 0.493. The van der Waals surface area contributed by atoms with Crippen LogP contribution in [0.25, 0.3) is 0 Å². The third kappa shape index (κ3) is 2.06. The molecule has 2 atom stereocenters. The molecular formula is C13H18ClNO2S. The summed E-state index contributed by atoms with van der Waals surface area (Å²) in [6.45, 7) is 4.78. The van der Waals surface area contributed by atoms with Gasteiger partial charge >= 0.3 is 0 Å². The number of fused-ring (bicyclic) bond motifs is 1. The monoisotopic (exact) mass is 287 g/mol. The Morgan fingerprint density at radius 3 is 2.67 bits per heavy atom. The van der Waals surface area contributed by atoms with Gasteiger partial charge in [-0.2, -0.15) is 0 Å². The van der Waals surface area contributed by atoms with Crippen LogP contribution in [0, 0.1) is 0 Å². The van der Waals surface area contributed by atoms with Crippen molar-refractivity contribution in [3.05, 3.63) is 28.8 Å². The molecule has 0 bridgehead atoms. The average molecular weight is 288 g/mol. The zero-order valence-corrected chi connectivity index (χ0v) is 12.2. The molecular weight excluding hydrogens is 270 g/mol. The van der Waals surface area contributed by atoms with Gasteiger partial charge in [0.05, 0.1) is 21.2 Å². The van der Waals surface area contributed by atoms with Crippen molar-refractivity contribution < 1.29 is 8.42 Å². The van der Waals surface area contributed by atoms with Gasteiger partial charge in [0, 0.05) is 0 Å². The fourth-order valence-electron chi connectivity index (χ4n) is 2.60. The van der Waals surface area contributed by atoms with Gasteiger partial charge in [-0.05, 0) is 31.0 Å². The maximum Gasteiger partial charge on any atom is 0.184 e. The van der Waals surface area contributed by atoms with E-state index in [0.717, 1.165) is 18.5 Å². The highest BCUT2D eigenvalue weighted by Gasteiger charge is 2.44. The van der Waals surface area contributed by atoms with Gasteiger partial charge in [0.2, 0.25) is 0 Å². The van der Waals surface area contributed by atoms with Gasteiger partial charge in [-0.1, -0.05) is 37.6 Å². The summed E-state index contributed by atoms with van der Waals surface area (Å²) in [5, 5.41) is 3.27. The summed E-state index contributed by atoms with van der Waals surface area (Å²) in [7, 11) is -3.30. The Morgan fingerprint density at radius 1 is 1.33 bits per heavy atom. The molecule has 2 rings (SSSR count). The Hall–Kier alpha value is -0.580. The number of hydrogen-bond acceptors (Lipinski definition) is 3. The van der Waals surface area contributed by atoms with Gasteiger partial charge in [0.15, 0.2) is 9.84 Å². The Morgan fingerprint density at radius 2 is 2.06 bits per heavy atom. The number of halogens is 1. The molecule has 1 heterocycles. The standard InChI is InChI=1S/C13H18ClNO2S/c1-3-8-15-12-9-6-5-7-10(14)13(9)18(16,17)11(12)4-2/h5-7,11-12,15H,3-4,8H2,1-2H3. The first-order valence-electron chi connectivity index (χ1n) is 6.29. The van der Waals surface area contributed by atoms with Crippen LogP contribution in [0.1, 0.15) is 38.3 Å². The van der Waals surface area contributed by atoms with Crippen LogP contribution in [0.5, 0.6) is 0 Å². The van der Waals surface area contributed by atoms with Crippen molar-refractivity contribution in [1.82, 2.24) is 5.32 Å². The molecule has 1 N–H and O–H groups in total. The third-order valence-corrected chi connectivity index (χ3v) is 6.26. The van der Waals surface area contributed by atoms with E-state index in [2.05, 4.69) is 12.2 Å². The molecule has 0 saturated heterocycles. The second-order valence-corrected chi connectivity index (χ2v) is 7.09. The summed E-state index contributed by atoms with van der Waals surface area (Å²) < 4.78 is 25.0. The minimum Gasteiger partial charge on any atom is -0.309 e. The van der Waals surface area contributed by atoms with E-state index in [9.17, 15) is 8.42 Å². The van der Waals surface area contributed by atoms with E-state index in [4.69, 9.17) is 11.6 Å². The normalized spacial score (nSPS) is 25.1. The highest BCUT2D eigenvalue weighted by Crippen LogP contribution is 2.43. The fraction of sp³-hybridized carbons (Fsp3) is 0.538. The summed E-state index contributed by atoms with van der Waals surface area (Å²) in [4.78, 5) is 0.326. The van der Waals surface area contributed by atoms with Crippen LogP contribution < -0.4 is 5.32 Å². The topological polar surface area (TPSA) is 46.2 Å². The second-order valence-electron chi connectivity index (χ2n) is 4.58. The molecule has 5 heteroatoms. The van der Waals surface area contributed by atoms with Crippen molar-refractivity contribution >= 4 is 21.4 Å². The number of sulfone groups is 1. The van der Waals surface area contributed by atoms with Crippen molar-refractivity contribution in [2.24, 2.45) is 0 Å². The van der Waals surface area contributed by atoms with E-state index in [1.807, 2.05) is 19.1 Å². The summed E-state index contributed by atoms with van der Waals surface area (Å²) >= 11 is 6.07. The van der Waals surface area contributed by atoms with E-state index in [1.165, 1.54) is 0 Å². The maximum atomic E-state index is 12.5. The molecule has 1 aliphatic rings. The molecule has 1 aliphatic heterocycles. The molecule has 0 aromatic heterocycles. The number of hydrogen-bond donors (Lipinski definition) is 1. The van der Waals surface area contributed by atoms with E-state index in [0.29, 0.717) is 16.3 Å². The minimum absolute atomic E-state index is 0.131. The van der Waals surface area contributed by atoms with E-state index in [1.54, 1.807) is 6.07 Å². The van der Waals surface area contributed by atoms with Crippen LogP contribution in [0.2, 0.25) is 5.02 Å². The van der Waals surface area contributed by atoms with E-state index < -0.39 is 15.1 Å². The predicted molar refractivity (Wildman–Crippen MR) is 73.8 cm³/mol. The lowest BCUT2D eigenvalue weighted by Gasteiger charge is -2.19. The molecule has 0 radical (unpaired) electrons. The van der Waals surface area contributed by atoms with Gasteiger partial charge in [0.1, 0.15) is 0 Å². The fourth-order valence-corrected chi connectivity index (χ4v) is 5.31. The molecule has 100 valence electrons. The third-order valence-electron chi connectivity index (χ3n) is 3.40. The van der Waals surface area contributed by atoms with Crippen LogP contribution in [-0.4, -0.2) is 20.2 Å². The van der Waals surface area contributed by atoms with Crippen LogP contribution in [-0.2, 0) is 9.84 Å². The Labute approximate surface area is 113 Å². The van der Waals surface area contributed by atoms with Crippen molar-refractivity contribution in [2.75, 3.05) is 6.54 Å². The lowest BCUT2D eigenvalue weighted by atomic mass is 10.0. The minimum atomic E-state index is -3.30. The van der Waals surface area contributed by atoms with Gasteiger partial charge in [0.25, 0.3) is 0 Å². The Kier molecular flexibility index (Phi) is 3.99. The Balaban J connectivity index is 2.54. The highest BCUT2D eigenvalue weighted by atomic mass is 35.5. The zero-order chi connectivity index (χ0) is 13.3. The summed E-state index contributed by atoms with van der Waals surface area (Å²) in [5.41, 5.74) is 0.822. The molecule has 0 amide bonds. The largest absolute Gasteiger partial charge is 0.309 e. The average Bonchev–Trinajstić information content (AvgIpc) is 2.55. The number of benzene rings is 1. The van der Waals surface area contributed by atoms with Crippen LogP contribution in [0.15, 0.2) is 23.1 Å². The van der Waals surface area contributed by atoms with Gasteiger partial charge in [-0.15, -0.1) is 0 Å². The summed E-state index contributed by atoms with van der Waals surface area (Å²) in [5.74, 6) is 0. The molecule has 0 spiro atoms. The lowest BCUT2D eigenvalue weighted by Crippen LogP contribution is -2.31. The quantitative estimate of drug-likeness (QED) is 0.926. The predicted octanol–water partition coefficient (Wildman–Crippen LogP) is 2.95. The van der Waals surface area contributed by atoms with Crippen molar-refractivity contribution in [2.45, 2.75) is 42.9 Å². The number of rotatable bonds is 4. The number of nitrogens with one attached hydrogen (secondary N) is 1. The molecule has 2 unspecified atom stereocenters. The summed E-state index contributed by atoms with van der Waals surface area (Å²) in [6.07, 6.45) is 1.57. The van der Waals surface area contributed by atoms with Crippen molar-refractivity contribution in [1.29, 1.82) is 0 Å². The molecule has 3 nitrogen and oxygen atoms in total.